The molecule has 31 heavy (non-hydrogen) atoms. The van der Waals surface area contributed by atoms with Gasteiger partial charge in [0.1, 0.15) is 17.2 Å². The maximum absolute atomic E-state index is 12.3. The second-order valence-corrected chi connectivity index (χ2v) is 6.92. The Balaban J connectivity index is 1.58. The maximum Gasteiger partial charge on any atom is 0.271 e. The summed E-state index contributed by atoms with van der Waals surface area (Å²) in [6.45, 7) is 0.601. The minimum absolute atomic E-state index is 0.0951. The summed E-state index contributed by atoms with van der Waals surface area (Å²) in [5, 5.41) is 27.8. The van der Waals surface area contributed by atoms with E-state index >= 15 is 0 Å². The van der Waals surface area contributed by atoms with E-state index in [0.29, 0.717) is 6.54 Å². The fourth-order valence-corrected chi connectivity index (χ4v) is 3.15. The van der Waals surface area contributed by atoms with Crippen molar-refractivity contribution in [2.75, 3.05) is 0 Å². The van der Waals surface area contributed by atoms with Crippen molar-refractivity contribution in [1.29, 1.82) is 0 Å². The normalized spacial score (nSPS) is 11.0. The first-order valence-electron chi connectivity index (χ1n) is 9.62. The number of benzene rings is 3. The summed E-state index contributed by atoms with van der Waals surface area (Å²) in [5.41, 5.74) is 6.03. The average molecular weight is 412 g/mol. The Morgan fingerprint density at radius 2 is 1.61 bits per heavy atom. The van der Waals surface area contributed by atoms with Gasteiger partial charge in [-0.2, -0.15) is 10.2 Å². The molecular weight excluding hydrogens is 392 g/mol. The molecule has 1 heterocycles. The van der Waals surface area contributed by atoms with E-state index in [9.17, 15) is 15.0 Å². The highest BCUT2D eigenvalue weighted by molar-refractivity contribution is 5.96. The van der Waals surface area contributed by atoms with Crippen molar-refractivity contribution in [2.45, 2.75) is 6.54 Å². The Morgan fingerprint density at radius 1 is 0.968 bits per heavy atom. The summed E-state index contributed by atoms with van der Waals surface area (Å²) in [4.78, 5) is 12.3. The molecule has 4 rings (SSSR count). The molecule has 0 aliphatic rings. The first kappa shape index (κ1) is 19.9. The van der Waals surface area contributed by atoms with E-state index in [1.807, 2.05) is 71.5 Å². The molecule has 3 N–H and O–H groups in total. The number of hydrogen-bond acceptors (Lipinski definition) is 5. The summed E-state index contributed by atoms with van der Waals surface area (Å²) in [6, 6.07) is 23.3. The van der Waals surface area contributed by atoms with E-state index < -0.39 is 5.91 Å². The van der Waals surface area contributed by atoms with Crippen LogP contribution in [0.4, 0.5) is 0 Å². The minimum atomic E-state index is -0.555. The second kappa shape index (κ2) is 8.96. The van der Waals surface area contributed by atoms with Gasteiger partial charge in [-0.25, -0.2) is 5.43 Å². The number of phenols is 2. The van der Waals surface area contributed by atoms with Crippen LogP contribution in [0.1, 0.15) is 21.5 Å². The van der Waals surface area contributed by atoms with Crippen molar-refractivity contribution in [3.63, 3.8) is 0 Å². The number of carbonyl (C=O) groups is 1. The molecule has 0 saturated carbocycles. The largest absolute Gasteiger partial charge is 0.508 e. The number of hydrogen-bond donors (Lipinski definition) is 3. The van der Waals surface area contributed by atoms with Crippen molar-refractivity contribution in [3.05, 3.63) is 102 Å². The third-order valence-corrected chi connectivity index (χ3v) is 4.56. The van der Waals surface area contributed by atoms with E-state index in [-0.39, 0.29) is 17.1 Å². The molecule has 0 aliphatic carbocycles. The number of aromatic hydroxyl groups is 2. The first-order valence-corrected chi connectivity index (χ1v) is 9.62. The number of carbonyl (C=O) groups excluding carboxylic acids is 1. The topological polar surface area (TPSA) is 99.7 Å². The summed E-state index contributed by atoms with van der Waals surface area (Å²) in [6.07, 6.45) is 3.39. The lowest BCUT2D eigenvalue weighted by molar-refractivity contribution is 0.0954. The number of aromatic nitrogens is 2. The van der Waals surface area contributed by atoms with Crippen LogP contribution in [0.15, 0.2) is 90.2 Å². The van der Waals surface area contributed by atoms with E-state index in [2.05, 4.69) is 10.5 Å². The van der Waals surface area contributed by atoms with Crippen LogP contribution in [-0.4, -0.2) is 32.1 Å². The van der Waals surface area contributed by atoms with Gasteiger partial charge in [0.2, 0.25) is 0 Å². The van der Waals surface area contributed by atoms with Crippen molar-refractivity contribution in [3.8, 4) is 22.8 Å². The standard InChI is InChI=1S/C24H20N4O3/c29-21-11-19(12-22(30)13-21)24(31)26-25-14-20-16-28(15-17-7-3-1-4-8-17)27-23(20)18-9-5-2-6-10-18/h1-14,16,29-30H,15H2,(H,26,31). The van der Waals surface area contributed by atoms with Gasteiger partial charge in [0.05, 0.1) is 12.8 Å². The van der Waals surface area contributed by atoms with Gasteiger partial charge in [0.25, 0.3) is 5.91 Å². The van der Waals surface area contributed by atoms with E-state index in [1.165, 1.54) is 18.3 Å². The Bertz CT molecular complexity index is 1200. The average Bonchev–Trinajstić information content (AvgIpc) is 3.16. The van der Waals surface area contributed by atoms with Gasteiger partial charge in [0.15, 0.2) is 0 Å². The van der Waals surface area contributed by atoms with Crippen molar-refractivity contribution in [1.82, 2.24) is 15.2 Å². The molecule has 3 aromatic carbocycles. The molecule has 7 nitrogen and oxygen atoms in total. The number of phenolic OH excluding ortho intramolecular Hbond substituents is 2. The molecule has 0 bridgehead atoms. The van der Waals surface area contributed by atoms with Gasteiger partial charge in [-0.15, -0.1) is 0 Å². The predicted octanol–water partition coefficient (Wildman–Crippen LogP) is 3.77. The molecule has 0 atom stereocenters. The fraction of sp³-hybridized carbons (Fsp3) is 0.0417. The fourth-order valence-electron chi connectivity index (χ4n) is 3.15. The van der Waals surface area contributed by atoms with Crippen LogP contribution in [0.2, 0.25) is 0 Å². The highest BCUT2D eigenvalue weighted by Crippen LogP contribution is 2.22. The van der Waals surface area contributed by atoms with Crippen molar-refractivity contribution in [2.24, 2.45) is 5.10 Å². The quantitative estimate of drug-likeness (QED) is 0.331. The van der Waals surface area contributed by atoms with Gasteiger partial charge in [-0.05, 0) is 17.7 Å². The van der Waals surface area contributed by atoms with Crippen LogP contribution in [-0.2, 0) is 6.54 Å². The number of amides is 1. The summed E-state index contributed by atoms with van der Waals surface area (Å²) in [5.74, 6) is -0.967. The van der Waals surface area contributed by atoms with E-state index in [1.54, 1.807) is 0 Å². The molecule has 0 aliphatic heterocycles. The SMILES string of the molecule is O=C(NN=Cc1cn(Cc2ccccc2)nc1-c1ccccc1)c1cc(O)cc(O)c1. The molecule has 154 valence electrons. The molecule has 1 aromatic heterocycles. The van der Waals surface area contributed by atoms with Crippen molar-refractivity contribution >= 4 is 12.1 Å². The third-order valence-electron chi connectivity index (χ3n) is 4.56. The van der Waals surface area contributed by atoms with Gasteiger partial charge < -0.3 is 10.2 Å². The molecule has 0 fully saturated rings. The molecule has 0 radical (unpaired) electrons. The molecule has 4 aromatic rings. The lowest BCUT2D eigenvalue weighted by Gasteiger charge is -2.02. The van der Waals surface area contributed by atoms with Gasteiger partial charge in [0, 0.05) is 29.0 Å². The Labute approximate surface area is 178 Å². The van der Waals surface area contributed by atoms with Crippen LogP contribution in [0.3, 0.4) is 0 Å². The summed E-state index contributed by atoms with van der Waals surface area (Å²) in [7, 11) is 0. The van der Waals surface area contributed by atoms with Crippen LogP contribution in [0, 0.1) is 0 Å². The smallest absolute Gasteiger partial charge is 0.271 e. The highest BCUT2D eigenvalue weighted by Gasteiger charge is 2.11. The second-order valence-electron chi connectivity index (χ2n) is 6.92. The molecular formula is C24H20N4O3. The third kappa shape index (κ3) is 4.97. The first-order chi connectivity index (χ1) is 15.1. The van der Waals surface area contributed by atoms with E-state index in [4.69, 9.17) is 5.10 Å². The molecule has 0 saturated heterocycles. The molecule has 0 unspecified atom stereocenters. The number of rotatable bonds is 6. The van der Waals surface area contributed by atoms with E-state index in [0.717, 1.165) is 28.5 Å². The van der Waals surface area contributed by atoms with Gasteiger partial charge >= 0.3 is 0 Å². The number of nitrogens with one attached hydrogen (secondary N) is 1. The lowest BCUT2D eigenvalue weighted by Crippen LogP contribution is -2.17. The Morgan fingerprint density at radius 3 is 2.29 bits per heavy atom. The number of nitrogens with zero attached hydrogens (tertiary/aromatic N) is 3. The molecule has 1 amide bonds. The Kier molecular flexibility index (Phi) is 5.75. The summed E-state index contributed by atoms with van der Waals surface area (Å²) < 4.78 is 1.83. The monoisotopic (exact) mass is 412 g/mol. The van der Waals surface area contributed by atoms with Crippen LogP contribution >= 0.6 is 0 Å². The van der Waals surface area contributed by atoms with Gasteiger partial charge in [-0.3, -0.25) is 9.48 Å². The molecule has 7 heteroatoms. The van der Waals surface area contributed by atoms with Crippen LogP contribution < -0.4 is 5.43 Å². The highest BCUT2D eigenvalue weighted by atomic mass is 16.3. The zero-order valence-electron chi connectivity index (χ0n) is 16.5. The minimum Gasteiger partial charge on any atom is -0.508 e. The maximum atomic E-state index is 12.3. The van der Waals surface area contributed by atoms with Crippen LogP contribution in [0.5, 0.6) is 11.5 Å². The zero-order chi connectivity index (χ0) is 21.6. The van der Waals surface area contributed by atoms with Crippen molar-refractivity contribution < 1.29 is 15.0 Å². The Hall–Kier alpha value is -4.39. The number of hydrazone groups is 1. The lowest BCUT2D eigenvalue weighted by atomic mass is 10.1. The summed E-state index contributed by atoms with van der Waals surface area (Å²) >= 11 is 0. The zero-order valence-corrected chi connectivity index (χ0v) is 16.5. The van der Waals surface area contributed by atoms with Gasteiger partial charge in [-0.1, -0.05) is 60.7 Å². The predicted molar refractivity (Wildman–Crippen MR) is 118 cm³/mol. The van der Waals surface area contributed by atoms with Crippen LogP contribution in [0.25, 0.3) is 11.3 Å². The molecule has 0 spiro atoms.